The summed E-state index contributed by atoms with van der Waals surface area (Å²) < 4.78 is 21.6. The molecule has 0 saturated heterocycles. The molecule has 0 amide bonds. The van der Waals surface area contributed by atoms with Gasteiger partial charge in [-0.1, -0.05) is 13.8 Å². The van der Waals surface area contributed by atoms with Crippen LogP contribution in [0, 0.1) is 0 Å². The van der Waals surface area contributed by atoms with Crippen molar-refractivity contribution < 1.29 is 48.1 Å². The van der Waals surface area contributed by atoms with Crippen LogP contribution in [0.25, 0.3) is 0 Å². The molecule has 1 unspecified atom stereocenters. The summed E-state index contributed by atoms with van der Waals surface area (Å²) in [5.74, 6) is 0. The molecule has 108 valence electrons. The lowest BCUT2D eigenvalue weighted by atomic mass is 10.4. The van der Waals surface area contributed by atoms with Crippen molar-refractivity contribution in [2.24, 2.45) is 0 Å². The minimum Gasteiger partial charge on any atom is -0.303 e. The molecule has 0 heterocycles. The number of hydrogen-bond donors (Lipinski definition) is 7. The van der Waals surface area contributed by atoms with Crippen LogP contribution in [-0.2, 0) is 13.5 Å². The highest BCUT2D eigenvalue weighted by Crippen LogP contribution is 2.26. The van der Waals surface area contributed by atoms with Gasteiger partial charge >= 0.3 is 15.6 Å². The summed E-state index contributed by atoms with van der Waals surface area (Å²) >= 11 is 1.09. The van der Waals surface area contributed by atoms with Crippen LogP contribution < -0.4 is 0 Å². The lowest BCUT2D eigenvalue weighted by Gasteiger charge is -1.99. The van der Waals surface area contributed by atoms with Crippen LogP contribution in [0.1, 0.15) is 20.3 Å². The van der Waals surface area contributed by atoms with Crippen LogP contribution in [0.15, 0.2) is 0 Å². The Hall–Kier alpha value is 0.490. The molecule has 0 aromatic heterocycles. The minimum absolute atomic E-state index is 0.394. The third-order valence-corrected chi connectivity index (χ3v) is 1.53. The molecular weight excluding hydrogens is 302 g/mol. The molecule has 0 rings (SSSR count). The van der Waals surface area contributed by atoms with Gasteiger partial charge in [0.1, 0.15) is 0 Å². The van der Waals surface area contributed by atoms with Gasteiger partial charge in [-0.3, -0.25) is 0 Å². The first-order chi connectivity index (χ1) is 7.31. The fourth-order valence-electron chi connectivity index (χ4n) is 0.142. The number of phosphoric acid groups is 2. The SMILES string of the molecule is CCC(C)SOO.O=P(O)(O)O.O=P(O)(O)O. The molecular formula is C4H16O10P2S. The van der Waals surface area contributed by atoms with E-state index < -0.39 is 15.6 Å². The van der Waals surface area contributed by atoms with Crippen LogP contribution in [0.2, 0.25) is 0 Å². The molecule has 0 saturated carbocycles. The van der Waals surface area contributed by atoms with Crippen molar-refractivity contribution in [3.05, 3.63) is 0 Å². The molecule has 0 aliphatic carbocycles. The van der Waals surface area contributed by atoms with Crippen LogP contribution in [0.5, 0.6) is 0 Å². The van der Waals surface area contributed by atoms with Gasteiger partial charge in [0.05, 0.1) is 0 Å². The maximum atomic E-state index is 8.88. The van der Waals surface area contributed by atoms with Crippen molar-refractivity contribution in [3.8, 4) is 0 Å². The van der Waals surface area contributed by atoms with Gasteiger partial charge in [0.2, 0.25) is 0 Å². The van der Waals surface area contributed by atoms with Crippen molar-refractivity contribution >= 4 is 27.7 Å². The monoisotopic (exact) mass is 318 g/mol. The zero-order chi connectivity index (χ0) is 14.7. The van der Waals surface area contributed by atoms with Crippen molar-refractivity contribution in [2.45, 2.75) is 25.5 Å². The first-order valence-corrected chi connectivity index (χ1v) is 7.78. The third-order valence-electron chi connectivity index (χ3n) is 0.782. The Morgan fingerprint density at radius 1 is 1.06 bits per heavy atom. The van der Waals surface area contributed by atoms with E-state index in [1.54, 1.807) is 0 Å². The van der Waals surface area contributed by atoms with Gasteiger partial charge in [-0.25, -0.2) is 14.4 Å². The summed E-state index contributed by atoms with van der Waals surface area (Å²) in [6.45, 7) is 4.03. The molecule has 13 heteroatoms. The van der Waals surface area contributed by atoms with Gasteiger partial charge in [-0.05, 0) is 6.42 Å². The second-order valence-electron chi connectivity index (χ2n) is 2.42. The third kappa shape index (κ3) is 115. The number of hydrogen-bond acceptors (Lipinski definition) is 5. The quantitative estimate of drug-likeness (QED) is 0.161. The summed E-state index contributed by atoms with van der Waals surface area (Å²) in [5, 5.41) is 8.22. The molecule has 17 heavy (non-hydrogen) atoms. The Bertz CT molecular complexity index is 210. The first kappa shape index (κ1) is 22.7. The van der Waals surface area contributed by atoms with E-state index in [1.165, 1.54) is 0 Å². The number of rotatable bonds is 3. The summed E-state index contributed by atoms with van der Waals surface area (Å²) in [7, 11) is -9.28. The molecule has 0 aliphatic heterocycles. The molecule has 0 aliphatic rings. The zero-order valence-corrected chi connectivity index (χ0v) is 11.5. The molecule has 0 radical (unpaired) electrons. The summed E-state index contributed by atoms with van der Waals surface area (Å²) in [4.78, 5) is 43.1. The Balaban J connectivity index is -0.000000177. The molecule has 0 aromatic rings. The van der Waals surface area contributed by atoms with E-state index in [0.717, 1.165) is 18.5 Å². The Morgan fingerprint density at radius 2 is 1.29 bits per heavy atom. The fraction of sp³-hybridized carbons (Fsp3) is 1.00. The normalized spacial score (nSPS) is 12.8. The van der Waals surface area contributed by atoms with E-state index in [9.17, 15) is 0 Å². The average Bonchev–Trinajstić information content (AvgIpc) is 1.98. The Labute approximate surface area is 102 Å². The maximum Gasteiger partial charge on any atom is 0.466 e. The van der Waals surface area contributed by atoms with Gasteiger partial charge in [0.15, 0.2) is 0 Å². The van der Waals surface area contributed by atoms with Crippen LogP contribution >= 0.6 is 27.7 Å². The summed E-state index contributed by atoms with van der Waals surface area (Å²) in [6, 6.07) is 0. The summed E-state index contributed by atoms with van der Waals surface area (Å²) in [5.41, 5.74) is 0. The molecule has 0 bridgehead atoms. The van der Waals surface area contributed by atoms with Crippen LogP contribution in [0.3, 0.4) is 0 Å². The zero-order valence-electron chi connectivity index (χ0n) is 8.94. The second kappa shape index (κ2) is 11.6. The van der Waals surface area contributed by atoms with Gasteiger partial charge < -0.3 is 29.4 Å². The minimum atomic E-state index is -4.64. The Kier molecular flexibility index (Phi) is 15.4. The van der Waals surface area contributed by atoms with E-state index in [0.29, 0.717) is 5.25 Å². The van der Waals surface area contributed by atoms with Crippen molar-refractivity contribution in [2.75, 3.05) is 0 Å². The lowest BCUT2D eigenvalue weighted by molar-refractivity contribution is -0.117. The first-order valence-electron chi connectivity index (χ1n) is 3.84. The molecule has 0 fully saturated rings. The Morgan fingerprint density at radius 3 is 1.35 bits per heavy atom. The van der Waals surface area contributed by atoms with E-state index in [4.69, 9.17) is 43.7 Å². The highest BCUT2D eigenvalue weighted by atomic mass is 32.2. The topological polar surface area (TPSA) is 185 Å². The summed E-state index contributed by atoms with van der Waals surface area (Å²) in [6.07, 6.45) is 1.02. The fourth-order valence-corrected chi connectivity index (χ4v) is 0.425. The van der Waals surface area contributed by atoms with E-state index >= 15 is 0 Å². The van der Waals surface area contributed by atoms with E-state index in [-0.39, 0.29) is 0 Å². The van der Waals surface area contributed by atoms with Crippen molar-refractivity contribution in [1.82, 2.24) is 0 Å². The van der Waals surface area contributed by atoms with Crippen LogP contribution in [-0.4, -0.2) is 39.9 Å². The predicted octanol–water partition coefficient (Wildman–Crippen LogP) is 0.0655. The highest BCUT2D eigenvalue weighted by molar-refractivity contribution is 7.95. The predicted molar refractivity (Wildman–Crippen MR) is 59.6 cm³/mol. The van der Waals surface area contributed by atoms with Gasteiger partial charge in [0, 0.05) is 17.3 Å². The molecule has 0 aromatic carbocycles. The lowest BCUT2D eigenvalue weighted by Crippen LogP contribution is -1.91. The molecule has 1 atom stereocenters. The van der Waals surface area contributed by atoms with Crippen molar-refractivity contribution in [1.29, 1.82) is 0 Å². The van der Waals surface area contributed by atoms with E-state index in [2.05, 4.69) is 4.33 Å². The standard InChI is InChI=1S/C4H10O2S.2H3O4P/c1-3-4(2)7-6-5;2*1-5(2,3)4/h4-5H,3H2,1-2H3;2*(H3,1,2,3,4). The average molecular weight is 318 g/mol. The molecule has 10 nitrogen and oxygen atoms in total. The second-order valence-corrected chi connectivity index (χ2v) is 5.62. The highest BCUT2D eigenvalue weighted by Gasteiger charge is 2.00. The van der Waals surface area contributed by atoms with Crippen LogP contribution in [0.4, 0.5) is 0 Å². The maximum absolute atomic E-state index is 8.88. The van der Waals surface area contributed by atoms with Crippen molar-refractivity contribution in [3.63, 3.8) is 0 Å². The van der Waals surface area contributed by atoms with Gasteiger partial charge in [-0.2, -0.15) is 4.33 Å². The molecule has 7 N–H and O–H groups in total. The van der Waals surface area contributed by atoms with E-state index in [1.807, 2.05) is 13.8 Å². The van der Waals surface area contributed by atoms with Gasteiger partial charge in [-0.15, -0.1) is 0 Å². The molecule has 0 spiro atoms. The van der Waals surface area contributed by atoms with Gasteiger partial charge in [0.25, 0.3) is 0 Å². The smallest absolute Gasteiger partial charge is 0.303 e. The largest absolute Gasteiger partial charge is 0.466 e.